The molecule has 2 N–H and O–H groups in total. The Morgan fingerprint density at radius 1 is 1.38 bits per heavy atom. The number of carbonyl (C=O) groups excluding carboxylic acids is 2. The van der Waals surface area contributed by atoms with Crippen LogP contribution in [0.5, 0.6) is 5.75 Å². The molecule has 0 aliphatic carbocycles. The van der Waals surface area contributed by atoms with Crippen LogP contribution in [0.15, 0.2) is 27.6 Å². The van der Waals surface area contributed by atoms with Crippen molar-refractivity contribution < 1.29 is 23.8 Å². The van der Waals surface area contributed by atoms with E-state index < -0.39 is 23.4 Å². The van der Waals surface area contributed by atoms with Crippen LogP contribution >= 0.6 is 0 Å². The smallest absolute Gasteiger partial charge is 0.410 e. The Kier molecular flexibility index (Phi) is 7.23. The first-order chi connectivity index (χ1) is 11.3. The molecule has 1 rings (SSSR count). The fourth-order valence-electron chi connectivity index (χ4n) is 2.02. The number of nitrogens with one attached hydrogen (secondary N) is 1. The van der Waals surface area contributed by atoms with Crippen LogP contribution in [0.4, 0.5) is 4.79 Å². The van der Waals surface area contributed by atoms with Crippen molar-refractivity contribution in [3.05, 3.63) is 40.1 Å². The Hall–Kier alpha value is -2.57. The van der Waals surface area contributed by atoms with Crippen LogP contribution in [-0.2, 0) is 4.74 Å². The van der Waals surface area contributed by atoms with Gasteiger partial charge in [-0.25, -0.2) is 9.59 Å². The van der Waals surface area contributed by atoms with Gasteiger partial charge < -0.3 is 14.3 Å². The maximum Gasteiger partial charge on any atom is 0.410 e. The van der Waals surface area contributed by atoms with Crippen LogP contribution in [0.1, 0.15) is 55.6 Å². The number of ketones is 1. The molecule has 0 radical (unpaired) electrons. The lowest BCUT2D eigenvalue weighted by atomic mass is 9.99. The Bertz CT molecular complexity index is 674. The van der Waals surface area contributed by atoms with Gasteiger partial charge in [0.15, 0.2) is 5.78 Å². The minimum absolute atomic E-state index is 0.144. The summed E-state index contributed by atoms with van der Waals surface area (Å²) in [6.07, 6.45) is 3.89. The molecule has 7 heteroatoms. The molecule has 0 saturated carbocycles. The quantitative estimate of drug-likeness (QED) is 0.741. The van der Waals surface area contributed by atoms with E-state index in [2.05, 4.69) is 10.1 Å². The van der Waals surface area contributed by atoms with E-state index in [-0.39, 0.29) is 17.2 Å². The van der Waals surface area contributed by atoms with Gasteiger partial charge in [-0.2, -0.15) is 0 Å². The highest BCUT2D eigenvalue weighted by atomic mass is 16.5. The molecule has 1 aromatic rings. The molecule has 1 aromatic heterocycles. The van der Waals surface area contributed by atoms with Gasteiger partial charge in [0.05, 0.1) is 7.11 Å². The predicted octanol–water partition coefficient (Wildman–Crippen LogP) is 2.94. The summed E-state index contributed by atoms with van der Waals surface area (Å²) < 4.78 is 9.60. The molecule has 0 saturated heterocycles. The van der Waals surface area contributed by atoms with E-state index in [1.807, 2.05) is 6.92 Å². The molecule has 0 aliphatic rings. The Morgan fingerprint density at radius 3 is 2.58 bits per heavy atom. The summed E-state index contributed by atoms with van der Waals surface area (Å²) in [5, 5.41) is 12.4. The maximum atomic E-state index is 12.0. The predicted molar refractivity (Wildman–Crippen MR) is 88.1 cm³/mol. The van der Waals surface area contributed by atoms with Gasteiger partial charge in [0.1, 0.15) is 17.1 Å². The summed E-state index contributed by atoms with van der Waals surface area (Å²) in [5.41, 5.74) is -1.12. The summed E-state index contributed by atoms with van der Waals surface area (Å²) in [4.78, 5) is 34.7. The van der Waals surface area contributed by atoms with Gasteiger partial charge in [-0.3, -0.25) is 10.1 Å². The minimum Gasteiger partial charge on any atom is -0.507 e. The molecule has 7 nitrogen and oxygen atoms in total. The number of Topliss-reactive ketones (excluding diaryl/α,β-unsaturated/α-hetero) is 1. The molecule has 0 spiro atoms. The fourth-order valence-corrected chi connectivity index (χ4v) is 2.02. The molecule has 1 amide bonds. The van der Waals surface area contributed by atoms with Crippen LogP contribution in [0.3, 0.4) is 0 Å². The molecule has 1 atom stereocenters. The lowest BCUT2D eigenvalue weighted by molar-refractivity contribution is 0.0931. The van der Waals surface area contributed by atoms with Gasteiger partial charge in [0.2, 0.25) is 0 Å². The van der Waals surface area contributed by atoms with Gasteiger partial charge in [0, 0.05) is 24.1 Å². The second-order valence-corrected chi connectivity index (χ2v) is 5.73. The molecular weight excluding hydrogens is 314 g/mol. The van der Waals surface area contributed by atoms with Crippen molar-refractivity contribution in [2.45, 2.75) is 39.5 Å². The van der Waals surface area contributed by atoms with E-state index in [1.54, 1.807) is 19.9 Å². The van der Waals surface area contributed by atoms with Crippen LogP contribution in [0.25, 0.3) is 0 Å². The van der Waals surface area contributed by atoms with E-state index in [1.165, 1.54) is 19.4 Å². The van der Waals surface area contributed by atoms with Crippen molar-refractivity contribution in [3.8, 4) is 5.75 Å². The minimum atomic E-state index is -0.821. The van der Waals surface area contributed by atoms with Gasteiger partial charge in [-0.15, -0.1) is 0 Å². The van der Waals surface area contributed by atoms with E-state index in [4.69, 9.17) is 4.42 Å². The number of ether oxygens (including phenoxy) is 1. The number of carbonyl (C=O) groups is 2. The second-order valence-electron chi connectivity index (χ2n) is 5.73. The molecule has 132 valence electrons. The summed E-state index contributed by atoms with van der Waals surface area (Å²) in [6.45, 7) is 5.13. The lowest BCUT2D eigenvalue weighted by Gasteiger charge is -2.11. The zero-order valence-electron chi connectivity index (χ0n) is 14.3. The summed E-state index contributed by atoms with van der Waals surface area (Å²) in [5.74, 6) is -1.04. The number of rotatable bonds is 7. The first kappa shape index (κ1) is 19.5. The molecule has 0 fully saturated rings. The van der Waals surface area contributed by atoms with E-state index in [0.29, 0.717) is 18.6 Å². The monoisotopic (exact) mass is 337 g/mol. The van der Waals surface area contributed by atoms with E-state index in [9.17, 15) is 19.5 Å². The Labute approximate surface area is 140 Å². The largest absolute Gasteiger partial charge is 0.507 e. The number of methoxy groups -OCH3 is 1. The number of aromatic hydroxyl groups is 1. The van der Waals surface area contributed by atoms with Crippen molar-refractivity contribution in [3.63, 3.8) is 0 Å². The van der Waals surface area contributed by atoms with E-state index in [0.717, 1.165) is 0 Å². The molecule has 0 bridgehead atoms. The third-order valence-electron chi connectivity index (χ3n) is 3.48. The normalized spacial score (nSPS) is 12.4. The Morgan fingerprint density at radius 2 is 2.04 bits per heavy atom. The third kappa shape index (κ3) is 5.26. The molecule has 0 aromatic carbocycles. The van der Waals surface area contributed by atoms with Crippen molar-refractivity contribution in [1.29, 1.82) is 0 Å². The van der Waals surface area contributed by atoms with Crippen molar-refractivity contribution in [2.24, 2.45) is 5.92 Å². The highest BCUT2D eigenvalue weighted by Gasteiger charge is 2.22. The zero-order valence-corrected chi connectivity index (χ0v) is 14.3. The topological polar surface area (TPSA) is 106 Å². The first-order valence-corrected chi connectivity index (χ1v) is 7.68. The van der Waals surface area contributed by atoms with Crippen molar-refractivity contribution in [2.75, 3.05) is 7.11 Å². The number of hydrogen-bond acceptors (Lipinski definition) is 6. The number of alkyl carbamates (subject to hydrolysis) is 1. The third-order valence-corrected chi connectivity index (χ3v) is 3.48. The maximum absolute atomic E-state index is 12.0. The van der Waals surface area contributed by atoms with Crippen molar-refractivity contribution in [1.82, 2.24) is 5.32 Å². The SMILES string of the molecule is COC(=O)N/C=C/CCC(C)c1cc(O)c(C(=O)C(C)C)c(=O)o1. The number of allylic oxidation sites excluding steroid dienone is 1. The molecule has 0 aliphatic heterocycles. The first-order valence-electron chi connectivity index (χ1n) is 7.68. The highest BCUT2D eigenvalue weighted by Crippen LogP contribution is 2.25. The summed E-state index contributed by atoms with van der Waals surface area (Å²) in [6, 6.07) is 1.32. The van der Waals surface area contributed by atoms with Gasteiger partial charge >= 0.3 is 11.7 Å². The molecule has 24 heavy (non-hydrogen) atoms. The second kappa shape index (κ2) is 8.90. The van der Waals surface area contributed by atoms with Crippen LogP contribution in [0, 0.1) is 5.92 Å². The number of amides is 1. The average Bonchev–Trinajstić information content (AvgIpc) is 2.52. The van der Waals surface area contributed by atoms with Crippen LogP contribution in [-0.4, -0.2) is 24.1 Å². The average molecular weight is 337 g/mol. The zero-order chi connectivity index (χ0) is 18.3. The lowest BCUT2D eigenvalue weighted by Crippen LogP contribution is -2.19. The van der Waals surface area contributed by atoms with Gasteiger partial charge in [-0.05, 0) is 12.8 Å². The van der Waals surface area contributed by atoms with Crippen LogP contribution in [0.2, 0.25) is 0 Å². The molecule has 1 heterocycles. The van der Waals surface area contributed by atoms with Crippen LogP contribution < -0.4 is 10.9 Å². The Balaban J connectivity index is 2.76. The van der Waals surface area contributed by atoms with Crippen molar-refractivity contribution >= 4 is 11.9 Å². The summed E-state index contributed by atoms with van der Waals surface area (Å²) in [7, 11) is 1.27. The number of hydrogen-bond donors (Lipinski definition) is 2. The molecular formula is C17H23NO6. The van der Waals surface area contributed by atoms with Gasteiger partial charge in [0.25, 0.3) is 0 Å². The summed E-state index contributed by atoms with van der Waals surface area (Å²) >= 11 is 0. The molecule has 1 unspecified atom stereocenters. The fraction of sp³-hybridized carbons (Fsp3) is 0.471. The van der Waals surface area contributed by atoms with E-state index >= 15 is 0 Å². The highest BCUT2D eigenvalue weighted by molar-refractivity contribution is 5.99. The standard InChI is InChI=1S/C17H23NO6/c1-10(2)15(20)14-12(19)9-13(24-16(14)21)11(3)7-5-6-8-18-17(22)23-4/h6,8-11,19H,5,7H2,1-4H3,(H,18,22)/b8-6+. The van der Waals surface area contributed by atoms with Gasteiger partial charge in [-0.1, -0.05) is 26.8 Å².